The largest absolute Gasteiger partial charge is 0.489 e. The fourth-order valence-electron chi connectivity index (χ4n) is 2.71. The quantitative estimate of drug-likeness (QED) is 0.506. The van der Waals surface area contributed by atoms with E-state index in [9.17, 15) is 0 Å². The number of hydrogen-bond acceptors (Lipinski definition) is 2. The Labute approximate surface area is 164 Å². The van der Waals surface area contributed by atoms with Gasteiger partial charge in [0, 0.05) is 33.8 Å². The summed E-state index contributed by atoms with van der Waals surface area (Å²) in [6, 6.07) is 24.1. The van der Waals surface area contributed by atoms with Gasteiger partial charge < -0.3 is 10.1 Å². The van der Waals surface area contributed by atoms with E-state index >= 15 is 0 Å². The highest BCUT2D eigenvalue weighted by Crippen LogP contribution is 2.25. The van der Waals surface area contributed by atoms with Crippen molar-refractivity contribution in [3.05, 3.63) is 99.5 Å². The smallest absolute Gasteiger partial charge is 0.124 e. The summed E-state index contributed by atoms with van der Waals surface area (Å²) in [6.45, 7) is 3.29. The van der Waals surface area contributed by atoms with Gasteiger partial charge in [0.25, 0.3) is 0 Å². The van der Waals surface area contributed by atoms with Crippen LogP contribution in [0.3, 0.4) is 0 Å². The van der Waals surface area contributed by atoms with Crippen LogP contribution in [0.1, 0.15) is 29.7 Å². The molecule has 1 N–H and O–H groups in total. The van der Waals surface area contributed by atoms with E-state index in [-0.39, 0.29) is 6.04 Å². The van der Waals surface area contributed by atoms with Gasteiger partial charge in [0.2, 0.25) is 0 Å². The zero-order valence-electron chi connectivity index (χ0n) is 14.6. The van der Waals surface area contributed by atoms with E-state index in [0.717, 1.165) is 23.4 Å². The molecule has 26 heavy (non-hydrogen) atoms. The molecule has 1 atom stereocenters. The van der Waals surface area contributed by atoms with Gasteiger partial charge in [-0.2, -0.15) is 0 Å². The lowest BCUT2D eigenvalue weighted by atomic mass is 10.1. The van der Waals surface area contributed by atoms with Crippen LogP contribution in [0.4, 0.5) is 0 Å². The van der Waals surface area contributed by atoms with Gasteiger partial charge in [0.15, 0.2) is 0 Å². The molecule has 0 saturated heterocycles. The summed E-state index contributed by atoms with van der Waals surface area (Å²) in [6.07, 6.45) is 0. The van der Waals surface area contributed by atoms with Gasteiger partial charge in [0.05, 0.1) is 0 Å². The molecule has 0 unspecified atom stereocenters. The van der Waals surface area contributed by atoms with Crippen LogP contribution in [0.5, 0.6) is 5.75 Å². The minimum Gasteiger partial charge on any atom is -0.489 e. The van der Waals surface area contributed by atoms with Crippen LogP contribution in [-0.2, 0) is 13.2 Å². The number of hydrogen-bond donors (Lipinski definition) is 1. The van der Waals surface area contributed by atoms with Gasteiger partial charge in [0.1, 0.15) is 12.4 Å². The van der Waals surface area contributed by atoms with E-state index in [1.165, 1.54) is 5.56 Å². The van der Waals surface area contributed by atoms with Crippen LogP contribution in [0.15, 0.2) is 72.8 Å². The number of halogens is 2. The molecule has 0 radical (unpaired) electrons. The van der Waals surface area contributed by atoms with Crippen LogP contribution < -0.4 is 10.1 Å². The van der Waals surface area contributed by atoms with Crippen LogP contribution in [0, 0.1) is 0 Å². The fraction of sp³-hybridized carbons (Fsp3) is 0.182. The Bertz CT molecular complexity index is 852. The second-order valence-electron chi connectivity index (χ2n) is 6.15. The van der Waals surface area contributed by atoms with Gasteiger partial charge in [-0.1, -0.05) is 77.8 Å². The molecule has 0 saturated carbocycles. The summed E-state index contributed by atoms with van der Waals surface area (Å²) < 4.78 is 6.01. The van der Waals surface area contributed by atoms with Crippen molar-refractivity contribution in [2.45, 2.75) is 26.1 Å². The van der Waals surface area contributed by atoms with Crippen LogP contribution in [-0.4, -0.2) is 0 Å². The Morgan fingerprint density at radius 1 is 0.885 bits per heavy atom. The van der Waals surface area contributed by atoms with E-state index < -0.39 is 0 Å². The Kier molecular flexibility index (Phi) is 6.56. The van der Waals surface area contributed by atoms with Crippen LogP contribution in [0.25, 0.3) is 0 Å². The third-order valence-electron chi connectivity index (χ3n) is 4.27. The van der Waals surface area contributed by atoms with Crippen LogP contribution in [0.2, 0.25) is 10.0 Å². The number of nitrogens with one attached hydrogen (secondary N) is 1. The third-order valence-corrected chi connectivity index (χ3v) is 4.86. The number of benzene rings is 3. The van der Waals surface area contributed by atoms with Gasteiger partial charge >= 0.3 is 0 Å². The molecule has 0 aromatic heterocycles. The molecule has 0 bridgehead atoms. The third kappa shape index (κ3) is 5.01. The number of para-hydroxylation sites is 1. The highest BCUT2D eigenvalue weighted by Gasteiger charge is 2.09. The lowest BCUT2D eigenvalue weighted by molar-refractivity contribution is 0.302. The minimum absolute atomic E-state index is 0.259. The summed E-state index contributed by atoms with van der Waals surface area (Å²) in [5.74, 6) is 0.853. The minimum atomic E-state index is 0.259. The summed E-state index contributed by atoms with van der Waals surface area (Å²) in [5.41, 5.74) is 3.29. The molecule has 3 rings (SSSR count). The Hall–Kier alpha value is -2.00. The molecule has 4 heteroatoms. The summed E-state index contributed by atoms with van der Waals surface area (Å²) >= 11 is 12.2. The second kappa shape index (κ2) is 9.09. The molecular formula is C22H21Cl2NO. The molecule has 0 heterocycles. The zero-order chi connectivity index (χ0) is 18.4. The van der Waals surface area contributed by atoms with Gasteiger partial charge in [-0.05, 0) is 30.7 Å². The van der Waals surface area contributed by atoms with Crippen molar-refractivity contribution in [1.82, 2.24) is 5.32 Å². The topological polar surface area (TPSA) is 21.3 Å². The standard InChI is InChI=1S/C22H21Cl2NO/c1-16(17-7-3-2-4-8-17)25-14-18-9-5-6-10-22(18)26-15-19-11-12-20(23)13-21(19)24/h2-13,16,25H,14-15H2,1H3/t16-/m1/s1. The summed E-state index contributed by atoms with van der Waals surface area (Å²) in [5, 5.41) is 4.79. The van der Waals surface area contributed by atoms with Crippen molar-refractivity contribution in [3.63, 3.8) is 0 Å². The highest BCUT2D eigenvalue weighted by atomic mass is 35.5. The van der Waals surface area contributed by atoms with Gasteiger partial charge in [-0.15, -0.1) is 0 Å². The maximum atomic E-state index is 6.23. The summed E-state index contributed by atoms with van der Waals surface area (Å²) in [7, 11) is 0. The fourth-order valence-corrected chi connectivity index (χ4v) is 3.17. The first-order valence-corrected chi connectivity index (χ1v) is 9.32. The van der Waals surface area contributed by atoms with Crippen molar-refractivity contribution in [3.8, 4) is 5.75 Å². The highest BCUT2D eigenvalue weighted by molar-refractivity contribution is 6.35. The van der Waals surface area contributed by atoms with E-state index in [4.69, 9.17) is 27.9 Å². The molecular weight excluding hydrogens is 365 g/mol. The van der Waals surface area contributed by atoms with E-state index in [1.54, 1.807) is 6.07 Å². The molecule has 3 aromatic carbocycles. The molecule has 0 aliphatic heterocycles. The second-order valence-corrected chi connectivity index (χ2v) is 6.99. The molecule has 0 spiro atoms. The molecule has 3 aromatic rings. The number of rotatable bonds is 7. The Morgan fingerprint density at radius 2 is 1.62 bits per heavy atom. The molecule has 2 nitrogen and oxygen atoms in total. The number of ether oxygens (including phenoxy) is 1. The van der Waals surface area contributed by atoms with Crippen molar-refractivity contribution < 1.29 is 4.74 Å². The molecule has 134 valence electrons. The monoisotopic (exact) mass is 385 g/mol. The lowest BCUT2D eigenvalue weighted by Crippen LogP contribution is -2.18. The molecule has 0 amide bonds. The Morgan fingerprint density at radius 3 is 2.38 bits per heavy atom. The predicted molar refractivity (Wildman–Crippen MR) is 109 cm³/mol. The van der Waals surface area contributed by atoms with Gasteiger partial charge in [-0.25, -0.2) is 0 Å². The molecule has 0 aliphatic carbocycles. The average molecular weight is 386 g/mol. The lowest BCUT2D eigenvalue weighted by Gasteiger charge is -2.17. The Balaban J connectivity index is 1.64. The summed E-state index contributed by atoms with van der Waals surface area (Å²) in [4.78, 5) is 0. The molecule has 0 fully saturated rings. The SMILES string of the molecule is C[C@@H](NCc1ccccc1OCc1ccc(Cl)cc1Cl)c1ccccc1. The van der Waals surface area contributed by atoms with Gasteiger partial charge in [-0.3, -0.25) is 0 Å². The van der Waals surface area contributed by atoms with E-state index in [0.29, 0.717) is 16.7 Å². The zero-order valence-corrected chi connectivity index (χ0v) is 16.1. The van der Waals surface area contributed by atoms with E-state index in [1.807, 2.05) is 36.4 Å². The first kappa shape index (κ1) is 18.8. The normalized spacial score (nSPS) is 12.0. The first-order valence-electron chi connectivity index (χ1n) is 8.56. The van der Waals surface area contributed by atoms with Crippen molar-refractivity contribution in [2.75, 3.05) is 0 Å². The van der Waals surface area contributed by atoms with Crippen LogP contribution >= 0.6 is 23.2 Å². The van der Waals surface area contributed by atoms with Crippen molar-refractivity contribution in [2.24, 2.45) is 0 Å². The average Bonchev–Trinajstić information content (AvgIpc) is 2.67. The molecule has 0 aliphatic rings. The predicted octanol–water partition coefficient (Wildman–Crippen LogP) is 6.42. The maximum Gasteiger partial charge on any atom is 0.124 e. The van der Waals surface area contributed by atoms with Crippen molar-refractivity contribution >= 4 is 23.2 Å². The maximum absolute atomic E-state index is 6.23. The van der Waals surface area contributed by atoms with E-state index in [2.05, 4.69) is 42.6 Å². The first-order chi connectivity index (χ1) is 12.6. The van der Waals surface area contributed by atoms with Crippen molar-refractivity contribution in [1.29, 1.82) is 0 Å².